The number of likely N-dealkylation sites (tertiary alicyclic amines) is 1. The largest absolute Gasteiger partial charge is 0.507 e. The van der Waals surface area contributed by atoms with Gasteiger partial charge in [-0.15, -0.1) is 0 Å². The molecule has 0 unspecified atom stereocenters. The van der Waals surface area contributed by atoms with Crippen molar-refractivity contribution in [2.75, 3.05) is 41.2 Å². The van der Waals surface area contributed by atoms with Crippen LogP contribution < -0.4 is 23.7 Å². The Morgan fingerprint density at radius 3 is 2.07 bits per heavy atom. The molecule has 1 atom stereocenters. The van der Waals surface area contributed by atoms with Crippen molar-refractivity contribution in [2.45, 2.75) is 18.9 Å². The Morgan fingerprint density at radius 1 is 0.893 bits per heavy atom. The lowest BCUT2D eigenvalue weighted by atomic mass is 9.95. The summed E-state index contributed by atoms with van der Waals surface area (Å²) in [5.41, 5.74) is 1.71. The van der Waals surface area contributed by atoms with Gasteiger partial charge in [-0.05, 0) is 49.7 Å². The summed E-state index contributed by atoms with van der Waals surface area (Å²) in [6, 6.07) is 7.19. The van der Waals surface area contributed by atoms with E-state index in [2.05, 4.69) is 4.90 Å². The fourth-order valence-corrected chi connectivity index (χ4v) is 4.01. The highest BCUT2D eigenvalue weighted by Gasteiger charge is 2.31. The minimum atomic E-state index is -0.175. The molecule has 2 aliphatic heterocycles. The van der Waals surface area contributed by atoms with Crippen molar-refractivity contribution in [1.82, 2.24) is 4.90 Å². The molecular formula is C21H25NO6. The lowest BCUT2D eigenvalue weighted by Crippen LogP contribution is -2.26. The number of hydrogen-bond acceptors (Lipinski definition) is 7. The summed E-state index contributed by atoms with van der Waals surface area (Å²) in [6.07, 6.45) is 2.23. The van der Waals surface area contributed by atoms with Gasteiger partial charge in [0, 0.05) is 11.6 Å². The Hall–Kier alpha value is -2.80. The maximum absolute atomic E-state index is 10.8. The van der Waals surface area contributed by atoms with E-state index in [0.717, 1.165) is 37.1 Å². The lowest BCUT2D eigenvalue weighted by molar-refractivity contribution is 0.173. The molecule has 0 saturated carbocycles. The molecule has 4 rings (SSSR count). The SMILES string of the molecule is COc1cc([C@H](c2cc3c(cc2O)OCO3)N2CCCC2)cc(OC)c1OC. The summed E-state index contributed by atoms with van der Waals surface area (Å²) >= 11 is 0. The van der Waals surface area contributed by atoms with Gasteiger partial charge in [0.1, 0.15) is 5.75 Å². The highest BCUT2D eigenvalue weighted by atomic mass is 16.7. The third kappa shape index (κ3) is 3.16. The van der Waals surface area contributed by atoms with Crippen molar-refractivity contribution in [3.8, 4) is 34.5 Å². The molecule has 0 aromatic heterocycles. The summed E-state index contributed by atoms with van der Waals surface area (Å²) in [4.78, 5) is 2.35. The summed E-state index contributed by atoms with van der Waals surface area (Å²) in [7, 11) is 4.79. The molecular weight excluding hydrogens is 362 g/mol. The molecule has 0 bridgehead atoms. The number of nitrogens with zero attached hydrogens (tertiary/aromatic N) is 1. The third-order valence-electron chi connectivity index (χ3n) is 5.33. The van der Waals surface area contributed by atoms with Crippen molar-refractivity contribution >= 4 is 0 Å². The first-order chi connectivity index (χ1) is 13.7. The van der Waals surface area contributed by atoms with Crippen LogP contribution in [0, 0.1) is 0 Å². The van der Waals surface area contributed by atoms with E-state index in [4.69, 9.17) is 23.7 Å². The molecule has 0 spiro atoms. The van der Waals surface area contributed by atoms with E-state index in [1.54, 1.807) is 27.4 Å². The lowest BCUT2D eigenvalue weighted by Gasteiger charge is -2.30. The number of rotatable bonds is 6. The van der Waals surface area contributed by atoms with Gasteiger partial charge < -0.3 is 28.8 Å². The van der Waals surface area contributed by atoms with Crippen molar-refractivity contribution in [3.05, 3.63) is 35.4 Å². The monoisotopic (exact) mass is 387 g/mol. The predicted molar refractivity (Wildman–Crippen MR) is 103 cm³/mol. The van der Waals surface area contributed by atoms with Gasteiger partial charge in [0.15, 0.2) is 23.0 Å². The predicted octanol–water partition coefficient (Wildman–Crippen LogP) is 3.33. The van der Waals surface area contributed by atoms with E-state index in [1.807, 2.05) is 18.2 Å². The number of aromatic hydroxyl groups is 1. The van der Waals surface area contributed by atoms with Gasteiger partial charge in [0.25, 0.3) is 0 Å². The molecule has 28 heavy (non-hydrogen) atoms. The molecule has 1 N–H and O–H groups in total. The first-order valence-electron chi connectivity index (χ1n) is 9.32. The number of fused-ring (bicyclic) bond motifs is 1. The maximum atomic E-state index is 10.8. The van der Waals surface area contributed by atoms with Crippen LogP contribution in [0.15, 0.2) is 24.3 Å². The zero-order valence-corrected chi connectivity index (χ0v) is 16.4. The van der Waals surface area contributed by atoms with E-state index in [0.29, 0.717) is 28.7 Å². The smallest absolute Gasteiger partial charge is 0.231 e. The van der Waals surface area contributed by atoms with Gasteiger partial charge in [-0.1, -0.05) is 0 Å². The maximum Gasteiger partial charge on any atom is 0.231 e. The first-order valence-corrected chi connectivity index (χ1v) is 9.32. The van der Waals surface area contributed by atoms with E-state index in [9.17, 15) is 5.11 Å². The van der Waals surface area contributed by atoms with E-state index < -0.39 is 0 Å². The van der Waals surface area contributed by atoms with E-state index >= 15 is 0 Å². The molecule has 0 aliphatic carbocycles. The Kier molecular flexibility index (Phi) is 5.09. The van der Waals surface area contributed by atoms with Crippen molar-refractivity contribution in [2.24, 2.45) is 0 Å². The summed E-state index contributed by atoms with van der Waals surface area (Å²) in [5.74, 6) is 3.09. The number of phenolic OH excluding ortho intramolecular Hbond substituents is 1. The van der Waals surface area contributed by atoms with Crippen molar-refractivity contribution in [3.63, 3.8) is 0 Å². The molecule has 150 valence electrons. The number of ether oxygens (including phenoxy) is 5. The number of methoxy groups -OCH3 is 3. The molecule has 1 fully saturated rings. The van der Waals surface area contributed by atoms with Crippen molar-refractivity contribution in [1.29, 1.82) is 0 Å². The molecule has 0 radical (unpaired) electrons. The quantitative estimate of drug-likeness (QED) is 0.815. The molecule has 2 aromatic carbocycles. The normalized spacial score (nSPS) is 16.8. The Balaban J connectivity index is 1.86. The second-order valence-electron chi connectivity index (χ2n) is 6.87. The van der Waals surface area contributed by atoms with Crippen LogP contribution in [0.1, 0.15) is 30.0 Å². The van der Waals surface area contributed by atoms with Crippen LogP contribution in [0.4, 0.5) is 0 Å². The van der Waals surface area contributed by atoms with Gasteiger partial charge in [0.05, 0.1) is 27.4 Å². The van der Waals surface area contributed by atoms with Gasteiger partial charge in [-0.3, -0.25) is 4.90 Å². The zero-order chi connectivity index (χ0) is 19.7. The zero-order valence-electron chi connectivity index (χ0n) is 16.4. The van der Waals surface area contributed by atoms with Gasteiger partial charge in [-0.2, -0.15) is 0 Å². The molecule has 2 heterocycles. The summed E-state index contributed by atoms with van der Waals surface area (Å²) in [5, 5.41) is 10.8. The second-order valence-corrected chi connectivity index (χ2v) is 6.87. The average Bonchev–Trinajstić information content (AvgIpc) is 3.39. The van der Waals surface area contributed by atoms with Crippen LogP contribution in [0.3, 0.4) is 0 Å². The minimum absolute atomic E-state index is 0.163. The Labute approximate surface area is 164 Å². The first kappa shape index (κ1) is 18.6. The number of phenols is 1. The topological polar surface area (TPSA) is 69.6 Å². The Bertz CT molecular complexity index is 837. The van der Waals surface area contributed by atoms with E-state index in [-0.39, 0.29) is 18.6 Å². The number of hydrogen-bond donors (Lipinski definition) is 1. The van der Waals surface area contributed by atoms with Crippen LogP contribution in [0.5, 0.6) is 34.5 Å². The van der Waals surface area contributed by atoms with E-state index in [1.165, 1.54) is 0 Å². The second kappa shape index (κ2) is 7.67. The summed E-state index contributed by atoms with van der Waals surface area (Å²) in [6.45, 7) is 2.04. The molecule has 2 aliphatic rings. The molecule has 7 heteroatoms. The average molecular weight is 387 g/mol. The fourth-order valence-electron chi connectivity index (χ4n) is 4.01. The molecule has 1 saturated heterocycles. The fraction of sp³-hybridized carbons (Fsp3) is 0.429. The number of benzene rings is 2. The van der Waals surface area contributed by atoms with Crippen LogP contribution in [-0.2, 0) is 0 Å². The molecule has 0 amide bonds. The summed E-state index contributed by atoms with van der Waals surface area (Å²) < 4.78 is 27.5. The molecule has 7 nitrogen and oxygen atoms in total. The standard InChI is InChI=1S/C21H25NO6/c1-24-18-8-13(9-19(25-2)21(18)26-3)20(22-6-4-5-7-22)14-10-16-17(11-15(14)23)28-12-27-16/h8-11,20,23H,4-7,12H2,1-3H3/t20-/m1/s1. The van der Waals surface area contributed by atoms with Gasteiger partial charge >= 0.3 is 0 Å². The van der Waals surface area contributed by atoms with Gasteiger partial charge in [0.2, 0.25) is 12.5 Å². The highest BCUT2D eigenvalue weighted by Crippen LogP contribution is 2.47. The van der Waals surface area contributed by atoms with Crippen LogP contribution in [-0.4, -0.2) is 51.2 Å². The minimum Gasteiger partial charge on any atom is -0.507 e. The third-order valence-corrected chi connectivity index (χ3v) is 5.33. The molecule has 2 aromatic rings. The highest BCUT2D eigenvalue weighted by molar-refractivity contribution is 5.58. The van der Waals surface area contributed by atoms with Crippen molar-refractivity contribution < 1.29 is 28.8 Å². The van der Waals surface area contributed by atoms with Crippen LogP contribution >= 0.6 is 0 Å². The van der Waals surface area contributed by atoms with Gasteiger partial charge in [-0.25, -0.2) is 0 Å². The Morgan fingerprint density at radius 2 is 1.50 bits per heavy atom. The van der Waals surface area contributed by atoms with Crippen LogP contribution in [0.2, 0.25) is 0 Å². The van der Waals surface area contributed by atoms with Crippen LogP contribution in [0.25, 0.3) is 0 Å².